The number of nitrogens with one attached hydrogen (secondary N) is 1. The Kier molecular flexibility index (Phi) is 5.14. The lowest BCUT2D eigenvalue weighted by Crippen LogP contribution is -2.25. The summed E-state index contributed by atoms with van der Waals surface area (Å²) in [6, 6.07) is 13.0. The van der Waals surface area contributed by atoms with E-state index in [0.717, 1.165) is 24.1 Å². The summed E-state index contributed by atoms with van der Waals surface area (Å²) in [5.74, 6) is 0.705. The lowest BCUT2D eigenvalue weighted by molar-refractivity contribution is -0.128. The fourth-order valence-electron chi connectivity index (χ4n) is 3.35. The van der Waals surface area contributed by atoms with E-state index < -0.39 is 0 Å². The average molecular weight is 375 g/mol. The van der Waals surface area contributed by atoms with Crippen molar-refractivity contribution in [2.24, 2.45) is 0 Å². The molecule has 3 heterocycles. The van der Waals surface area contributed by atoms with Crippen molar-refractivity contribution in [3.05, 3.63) is 77.7 Å². The quantitative estimate of drug-likeness (QED) is 0.717. The molecule has 1 fully saturated rings. The van der Waals surface area contributed by atoms with Crippen LogP contribution in [0.25, 0.3) is 5.82 Å². The highest BCUT2D eigenvalue weighted by atomic mass is 16.2. The van der Waals surface area contributed by atoms with Crippen LogP contribution in [0.3, 0.4) is 0 Å². The molecule has 7 nitrogen and oxygen atoms in total. The first-order valence-corrected chi connectivity index (χ1v) is 9.29. The van der Waals surface area contributed by atoms with Crippen LogP contribution in [0.2, 0.25) is 0 Å². The Balaban J connectivity index is 1.44. The molecule has 0 unspecified atom stereocenters. The van der Waals surface area contributed by atoms with Gasteiger partial charge < -0.3 is 10.2 Å². The summed E-state index contributed by atoms with van der Waals surface area (Å²) in [7, 11) is 0. The van der Waals surface area contributed by atoms with E-state index in [1.807, 2.05) is 47.5 Å². The summed E-state index contributed by atoms with van der Waals surface area (Å²) >= 11 is 0. The van der Waals surface area contributed by atoms with Gasteiger partial charge in [0.1, 0.15) is 0 Å². The van der Waals surface area contributed by atoms with Gasteiger partial charge in [0.15, 0.2) is 5.82 Å². The van der Waals surface area contributed by atoms with Crippen molar-refractivity contribution in [2.75, 3.05) is 6.54 Å². The molecule has 142 valence electrons. The molecule has 1 aliphatic heterocycles. The van der Waals surface area contributed by atoms with Crippen molar-refractivity contribution in [1.82, 2.24) is 25.0 Å². The van der Waals surface area contributed by atoms with Gasteiger partial charge in [0.2, 0.25) is 5.91 Å². The van der Waals surface area contributed by atoms with Crippen molar-refractivity contribution in [3.8, 4) is 5.82 Å². The highest BCUT2D eigenvalue weighted by molar-refractivity contribution is 5.94. The number of aromatic nitrogens is 3. The maximum atomic E-state index is 12.6. The van der Waals surface area contributed by atoms with Crippen LogP contribution in [0.5, 0.6) is 0 Å². The molecule has 2 amide bonds. The van der Waals surface area contributed by atoms with Crippen molar-refractivity contribution < 1.29 is 9.59 Å². The molecule has 3 aromatic rings. The van der Waals surface area contributed by atoms with E-state index in [0.29, 0.717) is 30.9 Å². The van der Waals surface area contributed by atoms with Gasteiger partial charge in [0, 0.05) is 55.8 Å². The van der Waals surface area contributed by atoms with Gasteiger partial charge in [-0.25, -0.2) is 9.67 Å². The van der Waals surface area contributed by atoms with E-state index in [-0.39, 0.29) is 11.8 Å². The zero-order chi connectivity index (χ0) is 19.3. The molecule has 1 N–H and O–H groups in total. The molecule has 2 aromatic heterocycles. The predicted molar refractivity (Wildman–Crippen MR) is 104 cm³/mol. The minimum atomic E-state index is -0.162. The lowest BCUT2D eigenvalue weighted by atomic mass is 10.1. The van der Waals surface area contributed by atoms with Gasteiger partial charge in [-0.2, -0.15) is 5.10 Å². The summed E-state index contributed by atoms with van der Waals surface area (Å²) in [5, 5.41) is 7.15. The molecule has 4 rings (SSSR count). The van der Waals surface area contributed by atoms with Crippen LogP contribution in [0.15, 0.2) is 61.1 Å². The van der Waals surface area contributed by atoms with E-state index in [1.165, 1.54) is 0 Å². The Hall–Kier alpha value is -3.48. The van der Waals surface area contributed by atoms with E-state index >= 15 is 0 Å². The minimum Gasteiger partial charge on any atom is -0.348 e. The number of hydrogen-bond acceptors (Lipinski definition) is 4. The molecule has 0 saturated carbocycles. The number of rotatable bonds is 6. The van der Waals surface area contributed by atoms with E-state index in [2.05, 4.69) is 15.4 Å². The van der Waals surface area contributed by atoms with Crippen molar-refractivity contribution in [3.63, 3.8) is 0 Å². The Labute approximate surface area is 163 Å². The van der Waals surface area contributed by atoms with E-state index in [9.17, 15) is 9.59 Å². The number of carbonyl (C=O) groups excluding carboxylic acids is 2. The number of pyridine rings is 1. The Morgan fingerprint density at radius 2 is 2.07 bits per heavy atom. The number of amides is 2. The topological polar surface area (TPSA) is 80.1 Å². The Morgan fingerprint density at radius 1 is 1.14 bits per heavy atom. The largest absolute Gasteiger partial charge is 0.348 e. The molecule has 1 aliphatic rings. The molecule has 0 atom stereocenters. The Bertz CT molecular complexity index is 984. The number of hydrogen-bond donors (Lipinski definition) is 1. The van der Waals surface area contributed by atoms with E-state index in [4.69, 9.17) is 0 Å². The van der Waals surface area contributed by atoms with Gasteiger partial charge in [-0.3, -0.25) is 9.59 Å². The number of nitrogens with zero attached hydrogens (tertiary/aromatic N) is 4. The van der Waals surface area contributed by atoms with Gasteiger partial charge in [-0.15, -0.1) is 0 Å². The van der Waals surface area contributed by atoms with Gasteiger partial charge in [0.05, 0.1) is 0 Å². The highest BCUT2D eigenvalue weighted by Crippen LogP contribution is 2.16. The van der Waals surface area contributed by atoms with Gasteiger partial charge in [-0.1, -0.05) is 18.2 Å². The fraction of sp³-hybridized carbons (Fsp3) is 0.238. The second-order valence-corrected chi connectivity index (χ2v) is 6.74. The lowest BCUT2D eigenvalue weighted by Gasteiger charge is -2.16. The third kappa shape index (κ3) is 3.93. The first-order chi connectivity index (χ1) is 13.7. The number of likely N-dealkylation sites (tertiary alicyclic amines) is 1. The number of benzene rings is 1. The van der Waals surface area contributed by atoms with Gasteiger partial charge in [0.25, 0.3) is 5.91 Å². The molecule has 0 bridgehead atoms. The van der Waals surface area contributed by atoms with Crippen LogP contribution in [-0.4, -0.2) is 38.0 Å². The minimum absolute atomic E-state index is 0.162. The molecular weight excluding hydrogens is 354 g/mol. The molecule has 1 saturated heterocycles. The molecular formula is C21H21N5O2. The van der Waals surface area contributed by atoms with Crippen LogP contribution in [0.4, 0.5) is 0 Å². The van der Waals surface area contributed by atoms with Crippen molar-refractivity contribution >= 4 is 11.8 Å². The highest BCUT2D eigenvalue weighted by Gasteiger charge is 2.20. The van der Waals surface area contributed by atoms with Gasteiger partial charge >= 0.3 is 0 Å². The molecule has 1 aromatic carbocycles. The van der Waals surface area contributed by atoms with Crippen molar-refractivity contribution in [1.29, 1.82) is 0 Å². The maximum Gasteiger partial charge on any atom is 0.251 e. The second kappa shape index (κ2) is 8.04. The van der Waals surface area contributed by atoms with Crippen LogP contribution in [0, 0.1) is 0 Å². The zero-order valence-electron chi connectivity index (χ0n) is 15.4. The molecule has 7 heteroatoms. The predicted octanol–water partition coefficient (Wildman–Crippen LogP) is 2.32. The molecule has 0 spiro atoms. The van der Waals surface area contributed by atoms with Crippen LogP contribution in [0.1, 0.15) is 34.3 Å². The fourth-order valence-corrected chi connectivity index (χ4v) is 3.35. The van der Waals surface area contributed by atoms with Crippen LogP contribution >= 0.6 is 0 Å². The number of carbonyl (C=O) groups is 2. The average Bonchev–Trinajstić information content (AvgIpc) is 3.39. The van der Waals surface area contributed by atoms with Gasteiger partial charge in [-0.05, 0) is 36.2 Å². The normalized spacial score (nSPS) is 13.7. The van der Waals surface area contributed by atoms with Crippen molar-refractivity contribution in [2.45, 2.75) is 25.9 Å². The summed E-state index contributed by atoms with van der Waals surface area (Å²) in [4.78, 5) is 30.7. The third-order valence-electron chi connectivity index (χ3n) is 4.76. The monoisotopic (exact) mass is 375 g/mol. The summed E-state index contributed by atoms with van der Waals surface area (Å²) in [5.41, 5.74) is 2.41. The van der Waals surface area contributed by atoms with Crippen LogP contribution in [-0.2, 0) is 17.9 Å². The Morgan fingerprint density at radius 3 is 2.86 bits per heavy atom. The maximum absolute atomic E-state index is 12.6. The third-order valence-corrected chi connectivity index (χ3v) is 4.76. The van der Waals surface area contributed by atoms with Crippen LogP contribution < -0.4 is 5.32 Å². The SMILES string of the molecule is O=C(NCc1cccnc1-n1cccn1)c1cccc(CN2CCCC2=O)c1. The zero-order valence-corrected chi connectivity index (χ0v) is 15.4. The molecule has 0 aliphatic carbocycles. The molecule has 0 radical (unpaired) electrons. The first-order valence-electron chi connectivity index (χ1n) is 9.29. The second-order valence-electron chi connectivity index (χ2n) is 6.74. The smallest absolute Gasteiger partial charge is 0.251 e. The molecule has 28 heavy (non-hydrogen) atoms. The standard InChI is InChI=1S/C21H21N5O2/c27-19-8-3-11-25(19)15-16-5-1-6-17(13-16)21(28)23-14-18-7-2-9-22-20(18)26-12-4-10-24-26/h1-2,4-7,9-10,12-13H,3,8,11,14-15H2,(H,23,28). The summed E-state index contributed by atoms with van der Waals surface area (Å²) < 4.78 is 1.68. The van der Waals surface area contributed by atoms with E-state index in [1.54, 1.807) is 23.1 Å². The first kappa shape index (κ1) is 17.9. The summed E-state index contributed by atoms with van der Waals surface area (Å²) in [6.45, 7) is 1.68. The summed E-state index contributed by atoms with van der Waals surface area (Å²) in [6.07, 6.45) is 6.72.